The molecule has 2 aromatic rings. The average Bonchev–Trinajstić information content (AvgIpc) is 3.51. The van der Waals surface area contributed by atoms with E-state index in [1.165, 1.54) is 51.4 Å². The number of unbranched alkanes of at least 4 members (excludes halogenated alkanes) is 1. The summed E-state index contributed by atoms with van der Waals surface area (Å²) in [5.74, 6) is 5.57. The topological polar surface area (TPSA) is 98.3 Å². The van der Waals surface area contributed by atoms with Gasteiger partial charge >= 0.3 is 5.97 Å². The molecule has 290 valence electrons. The van der Waals surface area contributed by atoms with Crippen LogP contribution in [0.2, 0.25) is 0 Å². The summed E-state index contributed by atoms with van der Waals surface area (Å²) in [6.45, 7) is 15.7. The molecule has 0 heterocycles. The smallest absolute Gasteiger partial charge is 0.338 e. The monoisotopic (exact) mass is 725 g/mol. The van der Waals surface area contributed by atoms with E-state index in [2.05, 4.69) is 56.2 Å². The number of hydrogen-bond acceptors (Lipinski definition) is 7. The van der Waals surface area contributed by atoms with Crippen LogP contribution < -0.4 is 15.8 Å². The number of rotatable bonds is 17. The first-order chi connectivity index (χ1) is 25.6. The van der Waals surface area contributed by atoms with E-state index < -0.39 is 0 Å². The third kappa shape index (κ3) is 9.44. The third-order valence-electron chi connectivity index (χ3n) is 14.1. The van der Waals surface area contributed by atoms with Gasteiger partial charge in [-0.15, -0.1) is 0 Å². The second-order valence-corrected chi connectivity index (χ2v) is 17.9. The molecule has 0 radical (unpaired) electrons. The van der Waals surface area contributed by atoms with Gasteiger partial charge in [-0.05, 0) is 159 Å². The Bertz CT molecular complexity index is 1540. The number of allylic oxidation sites excluding steroid dienone is 1. The summed E-state index contributed by atoms with van der Waals surface area (Å²) in [6, 6.07) is 14.9. The van der Waals surface area contributed by atoms with Crippen molar-refractivity contribution in [3.63, 3.8) is 0 Å². The van der Waals surface area contributed by atoms with Crippen molar-refractivity contribution in [1.29, 1.82) is 0 Å². The maximum absolute atomic E-state index is 13.3. The van der Waals surface area contributed by atoms with Gasteiger partial charge < -0.3 is 20.5 Å². The first kappa shape index (κ1) is 39.7. The fourth-order valence-electron chi connectivity index (χ4n) is 11.1. The summed E-state index contributed by atoms with van der Waals surface area (Å²) < 4.78 is 12.0. The van der Waals surface area contributed by atoms with Crippen LogP contribution in [0.5, 0.6) is 5.75 Å². The average molecular weight is 725 g/mol. The van der Waals surface area contributed by atoms with Gasteiger partial charge in [0.15, 0.2) is 0 Å². The van der Waals surface area contributed by atoms with Crippen LogP contribution in [0.3, 0.4) is 0 Å². The number of carbonyl (C=O) groups is 1. The molecule has 7 nitrogen and oxygen atoms in total. The highest BCUT2D eigenvalue weighted by Crippen LogP contribution is 2.67. The van der Waals surface area contributed by atoms with Crippen molar-refractivity contribution in [2.45, 2.75) is 124 Å². The molecule has 53 heavy (non-hydrogen) atoms. The summed E-state index contributed by atoms with van der Waals surface area (Å²) in [5.41, 5.74) is 9.81. The standard InChI is InChI=1S/C46H68N4O3/c1-32(2)9-8-10-33(3)41-21-22-42-40-20-13-35-31-39(23-25-45(35,4)43(40)24-26-46(41,42)5)53-44(51)34-11-14-36(15-12-34)49-50-37-16-18-38(19-17-37)52-30-7-6-28-48-29-27-47/h11-19,32-33,39-43,48H,6-10,20-31,47H2,1-5H3/t33-,39+,40+,41-,42+,43+,45+,46-/m1/s1. The van der Waals surface area contributed by atoms with Gasteiger partial charge in [0.05, 0.1) is 23.5 Å². The Morgan fingerprint density at radius 3 is 2.32 bits per heavy atom. The number of carbonyl (C=O) groups excluding carboxylic acids is 1. The lowest BCUT2D eigenvalue weighted by molar-refractivity contribution is -0.0594. The summed E-state index contributed by atoms with van der Waals surface area (Å²) in [7, 11) is 0. The molecule has 0 unspecified atom stereocenters. The number of hydrogen-bond donors (Lipinski definition) is 2. The predicted molar refractivity (Wildman–Crippen MR) is 216 cm³/mol. The van der Waals surface area contributed by atoms with E-state index in [1.54, 1.807) is 17.7 Å². The molecule has 3 saturated carbocycles. The zero-order valence-electron chi connectivity index (χ0n) is 33.5. The number of azo groups is 1. The molecule has 8 atom stereocenters. The largest absolute Gasteiger partial charge is 0.494 e. The number of esters is 1. The zero-order valence-corrected chi connectivity index (χ0v) is 33.5. The number of nitrogens with one attached hydrogen (secondary N) is 1. The van der Waals surface area contributed by atoms with Crippen molar-refractivity contribution in [3.8, 4) is 5.75 Å². The van der Waals surface area contributed by atoms with E-state index in [4.69, 9.17) is 15.2 Å². The van der Waals surface area contributed by atoms with Crippen LogP contribution in [0.15, 0.2) is 70.4 Å². The fourth-order valence-corrected chi connectivity index (χ4v) is 11.1. The van der Waals surface area contributed by atoms with Crippen LogP contribution in [0.25, 0.3) is 0 Å². The Kier molecular flexibility index (Phi) is 13.5. The molecule has 0 aromatic heterocycles. The normalized spacial score (nSPS) is 30.0. The van der Waals surface area contributed by atoms with E-state index in [0.717, 1.165) is 92.1 Å². The minimum atomic E-state index is -0.244. The Balaban J connectivity index is 0.974. The van der Waals surface area contributed by atoms with Crippen LogP contribution >= 0.6 is 0 Å². The maximum atomic E-state index is 13.3. The first-order valence-electron chi connectivity index (χ1n) is 21.2. The molecular weight excluding hydrogens is 657 g/mol. The molecule has 0 saturated heterocycles. The van der Waals surface area contributed by atoms with E-state index in [9.17, 15) is 4.79 Å². The molecule has 0 bridgehead atoms. The number of fused-ring (bicyclic) bond motifs is 5. The van der Waals surface area contributed by atoms with E-state index in [0.29, 0.717) is 29.8 Å². The predicted octanol–water partition coefficient (Wildman–Crippen LogP) is 11.4. The molecule has 3 N–H and O–H groups in total. The van der Waals surface area contributed by atoms with E-state index in [1.807, 2.05) is 36.4 Å². The molecular formula is C46H68N4O3. The van der Waals surface area contributed by atoms with Crippen molar-refractivity contribution in [1.82, 2.24) is 5.32 Å². The van der Waals surface area contributed by atoms with Gasteiger partial charge in [0.25, 0.3) is 0 Å². The number of nitrogens with zero attached hydrogens (tertiary/aromatic N) is 2. The molecule has 3 fully saturated rings. The molecule has 0 amide bonds. The molecule has 0 spiro atoms. The van der Waals surface area contributed by atoms with Crippen molar-refractivity contribution < 1.29 is 14.3 Å². The Labute approximate surface area is 320 Å². The van der Waals surface area contributed by atoms with Gasteiger partial charge in [0.2, 0.25) is 0 Å². The van der Waals surface area contributed by atoms with E-state index in [-0.39, 0.29) is 17.5 Å². The van der Waals surface area contributed by atoms with Gasteiger partial charge in [-0.2, -0.15) is 10.2 Å². The first-order valence-corrected chi connectivity index (χ1v) is 21.2. The summed E-state index contributed by atoms with van der Waals surface area (Å²) >= 11 is 0. The van der Waals surface area contributed by atoms with Crippen LogP contribution in [-0.4, -0.2) is 38.3 Å². The SMILES string of the molecule is CC(C)CCC[C@@H](C)[C@H]1CC[C@H]2[C@@H]3CC=C4C[C@@H](OC(=O)c5ccc(N=Nc6ccc(OCCCCNCCN)cc6)cc5)CC[C@]4(C)[C@H]3CC[C@]12C. The van der Waals surface area contributed by atoms with Gasteiger partial charge in [-0.25, -0.2) is 4.79 Å². The number of nitrogens with two attached hydrogens (primary N) is 1. The van der Waals surface area contributed by atoms with Crippen molar-refractivity contribution in [2.24, 2.45) is 62.3 Å². The Morgan fingerprint density at radius 2 is 1.60 bits per heavy atom. The van der Waals surface area contributed by atoms with Crippen LogP contribution in [-0.2, 0) is 4.74 Å². The van der Waals surface area contributed by atoms with Gasteiger partial charge in [0.1, 0.15) is 11.9 Å². The summed E-state index contributed by atoms with van der Waals surface area (Å²) in [6.07, 6.45) is 18.5. The fraction of sp³-hybridized carbons (Fsp3) is 0.674. The summed E-state index contributed by atoms with van der Waals surface area (Å²) in [5, 5.41) is 12.1. The lowest BCUT2D eigenvalue weighted by Crippen LogP contribution is -2.51. The lowest BCUT2D eigenvalue weighted by Gasteiger charge is -2.58. The number of benzene rings is 2. The molecule has 6 rings (SSSR count). The molecule has 2 aromatic carbocycles. The van der Waals surface area contributed by atoms with Crippen LogP contribution in [0.1, 0.15) is 128 Å². The van der Waals surface area contributed by atoms with Crippen molar-refractivity contribution >= 4 is 17.3 Å². The quantitative estimate of drug-likeness (QED) is 0.0732. The highest BCUT2D eigenvalue weighted by Gasteiger charge is 2.59. The maximum Gasteiger partial charge on any atom is 0.338 e. The van der Waals surface area contributed by atoms with Gasteiger partial charge in [-0.1, -0.05) is 65.5 Å². The highest BCUT2D eigenvalue weighted by atomic mass is 16.5. The molecule has 7 heteroatoms. The zero-order chi connectivity index (χ0) is 37.4. The van der Waals surface area contributed by atoms with Gasteiger partial charge in [-0.3, -0.25) is 0 Å². The third-order valence-corrected chi connectivity index (χ3v) is 14.1. The molecule has 4 aliphatic rings. The van der Waals surface area contributed by atoms with E-state index >= 15 is 0 Å². The highest BCUT2D eigenvalue weighted by molar-refractivity contribution is 5.89. The second kappa shape index (κ2) is 18.1. The van der Waals surface area contributed by atoms with Crippen LogP contribution in [0, 0.1) is 46.3 Å². The van der Waals surface area contributed by atoms with Crippen molar-refractivity contribution in [2.75, 3.05) is 26.2 Å². The minimum absolute atomic E-state index is 0.0561. The molecule has 4 aliphatic carbocycles. The minimum Gasteiger partial charge on any atom is -0.494 e. The number of ether oxygens (including phenoxy) is 2. The lowest BCUT2D eigenvalue weighted by atomic mass is 9.47. The summed E-state index contributed by atoms with van der Waals surface area (Å²) in [4.78, 5) is 13.3. The molecule has 0 aliphatic heterocycles. The Morgan fingerprint density at radius 1 is 0.868 bits per heavy atom. The van der Waals surface area contributed by atoms with Gasteiger partial charge in [0, 0.05) is 19.5 Å². The Hall–Kier alpha value is -3.03. The van der Waals surface area contributed by atoms with Crippen molar-refractivity contribution in [3.05, 3.63) is 65.7 Å². The van der Waals surface area contributed by atoms with Crippen LogP contribution in [0.4, 0.5) is 11.4 Å². The second-order valence-electron chi connectivity index (χ2n) is 17.9.